The number of carbonyl (C=O) groups is 1. The van der Waals surface area contributed by atoms with Gasteiger partial charge >= 0.3 is 0 Å². The lowest BCUT2D eigenvalue weighted by molar-refractivity contribution is 0.102. The van der Waals surface area contributed by atoms with Crippen molar-refractivity contribution in [1.82, 2.24) is 29.4 Å². The zero-order valence-electron chi connectivity index (χ0n) is 15.6. The van der Waals surface area contributed by atoms with Gasteiger partial charge in [0.05, 0.1) is 6.20 Å². The van der Waals surface area contributed by atoms with Crippen molar-refractivity contribution < 1.29 is 4.79 Å². The minimum Gasteiger partial charge on any atom is -0.322 e. The van der Waals surface area contributed by atoms with Crippen LogP contribution in [0, 0.1) is 6.92 Å². The molecule has 0 atom stereocenters. The van der Waals surface area contributed by atoms with Crippen molar-refractivity contribution in [3.8, 4) is 11.4 Å². The van der Waals surface area contributed by atoms with Crippen LogP contribution in [0.1, 0.15) is 40.4 Å². The molecule has 4 aromatic rings. The van der Waals surface area contributed by atoms with Crippen molar-refractivity contribution in [3.05, 3.63) is 59.8 Å². The van der Waals surface area contributed by atoms with Crippen molar-refractivity contribution in [2.45, 2.75) is 25.7 Å². The molecule has 0 aliphatic heterocycles. The minimum absolute atomic E-state index is 0.235. The Balaban J connectivity index is 1.46. The number of hydrogen-bond donors (Lipinski definition) is 1. The van der Waals surface area contributed by atoms with E-state index < -0.39 is 0 Å². The summed E-state index contributed by atoms with van der Waals surface area (Å²) >= 11 is 0. The zero-order chi connectivity index (χ0) is 19.3. The Kier molecular flexibility index (Phi) is 3.71. The quantitative estimate of drug-likeness (QED) is 0.594. The van der Waals surface area contributed by atoms with E-state index in [1.807, 2.05) is 44.4 Å². The highest BCUT2D eigenvalue weighted by Gasteiger charge is 2.26. The molecule has 3 heterocycles. The minimum atomic E-state index is -0.235. The molecule has 1 amide bonds. The van der Waals surface area contributed by atoms with Crippen molar-refractivity contribution in [3.63, 3.8) is 0 Å². The van der Waals surface area contributed by atoms with Crippen LogP contribution in [0.3, 0.4) is 0 Å². The highest BCUT2D eigenvalue weighted by molar-refractivity contribution is 6.08. The van der Waals surface area contributed by atoms with Crippen LogP contribution < -0.4 is 5.32 Å². The first-order valence-corrected chi connectivity index (χ1v) is 9.20. The third-order valence-electron chi connectivity index (χ3n) is 4.82. The number of hydrogen-bond acceptors (Lipinski definition) is 5. The predicted octanol–water partition coefficient (Wildman–Crippen LogP) is 2.96. The topological polar surface area (TPSA) is 90.0 Å². The Bertz CT molecular complexity index is 1200. The maximum absolute atomic E-state index is 12.9. The van der Waals surface area contributed by atoms with Crippen LogP contribution >= 0.6 is 0 Å². The standard InChI is InChI=1S/C20H19N7O/c1-12-7-14(18-21-11-26(2)25-18)9-15(8-12)23-20(28)16-10-22-27-6-5-17(13-3-4-13)24-19(16)27/h5-11,13H,3-4H2,1-2H3,(H,23,28). The van der Waals surface area contributed by atoms with Crippen LogP contribution in [0.2, 0.25) is 0 Å². The van der Waals surface area contributed by atoms with Gasteiger partial charge in [0.1, 0.15) is 11.9 Å². The Morgan fingerprint density at radius 3 is 2.86 bits per heavy atom. The summed E-state index contributed by atoms with van der Waals surface area (Å²) in [5.74, 6) is 0.899. The third-order valence-corrected chi connectivity index (χ3v) is 4.82. The molecule has 1 aliphatic rings. The van der Waals surface area contributed by atoms with Crippen LogP contribution in [0.5, 0.6) is 0 Å². The summed E-state index contributed by atoms with van der Waals surface area (Å²) in [7, 11) is 1.82. The van der Waals surface area contributed by atoms with Crippen LogP contribution in [-0.2, 0) is 7.05 Å². The normalized spacial score (nSPS) is 13.8. The van der Waals surface area contributed by atoms with Crippen LogP contribution in [0.15, 0.2) is 43.0 Å². The fraction of sp³-hybridized carbons (Fsp3) is 0.250. The molecule has 0 spiro atoms. The average molecular weight is 373 g/mol. The second-order valence-electron chi connectivity index (χ2n) is 7.24. The second-order valence-corrected chi connectivity index (χ2v) is 7.24. The van der Waals surface area contributed by atoms with Gasteiger partial charge in [-0.3, -0.25) is 9.48 Å². The zero-order valence-corrected chi connectivity index (χ0v) is 15.6. The maximum Gasteiger partial charge on any atom is 0.261 e. The van der Waals surface area contributed by atoms with Crippen LogP contribution in [0.4, 0.5) is 5.69 Å². The first-order chi connectivity index (χ1) is 13.6. The monoisotopic (exact) mass is 373 g/mol. The summed E-state index contributed by atoms with van der Waals surface area (Å²) in [4.78, 5) is 21.9. The molecule has 1 aromatic carbocycles. The van der Waals surface area contributed by atoms with Gasteiger partial charge in [-0.2, -0.15) is 10.2 Å². The summed E-state index contributed by atoms with van der Waals surface area (Å²) in [5.41, 5.74) is 4.62. The van der Waals surface area contributed by atoms with Gasteiger partial charge in [-0.1, -0.05) is 0 Å². The summed E-state index contributed by atoms with van der Waals surface area (Å²) in [6, 6.07) is 7.75. The van der Waals surface area contributed by atoms with Gasteiger partial charge in [0, 0.05) is 36.1 Å². The molecule has 0 radical (unpaired) electrons. The van der Waals surface area contributed by atoms with Gasteiger partial charge in [-0.05, 0) is 49.6 Å². The summed E-state index contributed by atoms with van der Waals surface area (Å²) in [6.07, 6.45) is 7.40. The van der Waals surface area contributed by atoms with Crippen molar-refractivity contribution in [1.29, 1.82) is 0 Å². The van der Waals surface area contributed by atoms with Gasteiger partial charge in [0.2, 0.25) is 0 Å². The molecule has 0 unspecified atom stereocenters. The Labute approximate surface area is 161 Å². The number of nitrogens with one attached hydrogen (secondary N) is 1. The van der Waals surface area contributed by atoms with Crippen molar-refractivity contribution in [2.75, 3.05) is 5.32 Å². The molecule has 5 rings (SSSR count). The molecule has 1 N–H and O–H groups in total. The highest BCUT2D eigenvalue weighted by Crippen LogP contribution is 2.39. The number of carbonyl (C=O) groups excluding carboxylic acids is 1. The fourth-order valence-corrected chi connectivity index (χ4v) is 3.30. The van der Waals surface area contributed by atoms with E-state index >= 15 is 0 Å². The Morgan fingerprint density at radius 1 is 1.25 bits per heavy atom. The van der Waals surface area contributed by atoms with E-state index in [0.717, 1.165) is 29.7 Å². The summed E-state index contributed by atoms with van der Waals surface area (Å²) in [6.45, 7) is 1.97. The number of benzene rings is 1. The maximum atomic E-state index is 12.9. The molecule has 0 saturated heterocycles. The molecule has 8 nitrogen and oxygen atoms in total. The number of aromatic nitrogens is 6. The SMILES string of the molecule is Cc1cc(NC(=O)c2cnn3ccc(C4CC4)nc23)cc(-c2ncn(C)n2)c1. The van der Waals surface area contributed by atoms with E-state index in [-0.39, 0.29) is 5.91 Å². The van der Waals surface area contributed by atoms with Crippen molar-refractivity contribution >= 4 is 17.2 Å². The van der Waals surface area contributed by atoms with Gasteiger partial charge in [-0.15, -0.1) is 0 Å². The fourth-order valence-electron chi connectivity index (χ4n) is 3.30. The van der Waals surface area contributed by atoms with E-state index in [1.165, 1.54) is 0 Å². The van der Waals surface area contributed by atoms with Crippen molar-refractivity contribution in [2.24, 2.45) is 7.05 Å². The summed E-state index contributed by atoms with van der Waals surface area (Å²) < 4.78 is 3.29. The number of nitrogens with zero attached hydrogens (tertiary/aromatic N) is 6. The van der Waals surface area contributed by atoms with E-state index in [9.17, 15) is 4.79 Å². The molecule has 3 aromatic heterocycles. The van der Waals surface area contributed by atoms with E-state index in [2.05, 4.69) is 25.5 Å². The molecular formula is C20H19N7O. The number of aryl methyl sites for hydroxylation is 2. The number of amides is 1. The lowest BCUT2D eigenvalue weighted by Gasteiger charge is -2.08. The van der Waals surface area contributed by atoms with E-state index in [1.54, 1.807) is 21.7 Å². The van der Waals surface area contributed by atoms with Gasteiger partial charge in [0.25, 0.3) is 5.91 Å². The smallest absolute Gasteiger partial charge is 0.261 e. The number of rotatable bonds is 4. The molecular weight excluding hydrogens is 354 g/mol. The summed E-state index contributed by atoms with van der Waals surface area (Å²) in [5, 5.41) is 11.6. The molecule has 1 saturated carbocycles. The molecule has 8 heteroatoms. The molecule has 1 fully saturated rings. The highest BCUT2D eigenvalue weighted by atomic mass is 16.1. The number of fused-ring (bicyclic) bond motifs is 1. The lowest BCUT2D eigenvalue weighted by atomic mass is 10.1. The van der Waals surface area contributed by atoms with E-state index in [0.29, 0.717) is 28.6 Å². The largest absolute Gasteiger partial charge is 0.322 e. The molecule has 1 aliphatic carbocycles. The average Bonchev–Trinajstić information content (AvgIpc) is 3.29. The van der Waals surface area contributed by atoms with Gasteiger partial charge < -0.3 is 5.32 Å². The third kappa shape index (κ3) is 3.02. The predicted molar refractivity (Wildman–Crippen MR) is 104 cm³/mol. The second kappa shape index (κ2) is 6.26. The van der Waals surface area contributed by atoms with Crippen LogP contribution in [0.25, 0.3) is 17.0 Å². The number of anilines is 1. The Hall–Kier alpha value is -3.55. The van der Waals surface area contributed by atoms with Gasteiger partial charge in [0.15, 0.2) is 11.5 Å². The Morgan fingerprint density at radius 2 is 2.11 bits per heavy atom. The molecule has 28 heavy (non-hydrogen) atoms. The van der Waals surface area contributed by atoms with E-state index in [4.69, 9.17) is 0 Å². The van der Waals surface area contributed by atoms with Crippen LogP contribution in [-0.4, -0.2) is 35.3 Å². The molecule has 140 valence electrons. The van der Waals surface area contributed by atoms with Gasteiger partial charge in [-0.25, -0.2) is 14.5 Å². The first-order valence-electron chi connectivity index (χ1n) is 9.20. The first kappa shape index (κ1) is 16.6. The molecule has 0 bridgehead atoms. The lowest BCUT2D eigenvalue weighted by Crippen LogP contribution is -2.12.